The summed E-state index contributed by atoms with van der Waals surface area (Å²) in [6.45, 7) is 12.8. The van der Waals surface area contributed by atoms with Gasteiger partial charge in [-0.15, -0.1) is 5.10 Å². The van der Waals surface area contributed by atoms with Crippen molar-refractivity contribution in [3.05, 3.63) is 41.2 Å². The van der Waals surface area contributed by atoms with Crippen LogP contribution >= 0.6 is 0 Å². The molecule has 0 aliphatic heterocycles. The first-order valence-corrected chi connectivity index (χ1v) is 11.9. The third-order valence-electron chi connectivity index (χ3n) is 6.50. The Bertz CT molecular complexity index is 902. The average Bonchev–Trinajstić information content (AvgIpc) is 3.23. The van der Waals surface area contributed by atoms with Gasteiger partial charge in [0.15, 0.2) is 5.82 Å². The summed E-state index contributed by atoms with van der Waals surface area (Å²) in [4.78, 5) is 0. The largest absolute Gasteiger partial charge is 0.330 e. The van der Waals surface area contributed by atoms with Gasteiger partial charge in [-0.1, -0.05) is 39.3 Å². The van der Waals surface area contributed by atoms with Gasteiger partial charge in [-0.05, 0) is 98.0 Å². The van der Waals surface area contributed by atoms with Crippen molar-refractivity contribution in [2.45, 2.75) is 78.3 Å². The van der Waals surface area contributed by atoms with Gasteiger partial charge in [0.2, 0.25) is 0 Å². The molecule has 32 heavy (non-hydrogen) atoms. The predicted molar refractivity (Wildman–Crippen MR) is 127 cm³/mol. The summed E-state index contributed by atoms with van der Waals surface area (Å²) in [5.41, 5.74) is 7.58. The minimum absolute atomic E-state index is 0.142. The van der Waals surface area contributed by atoms with Gasteiger partial charge in [-0.2, -0.15) is 5.26 Å². The molecule has 1 heterocycles. The van der Waals surface area contributed by atoms with Crippen LogP contribution in [0.3, 0.4) is 0 Å². The number of benzene rings is 1. The van der Waals surface area contributed by atoms with E-state index in [9.17, 15) is 5.26 Å². The number of nitriles is 1. The molecule has 0 amide bonds. The third-order valence-corrected chi connectivity index (χ3v) is 6.50. The normalized spacial score (nSPS) is 20.7. The topological polar surface area (TPSA) is 105 Å². The van der Waals surface area contributed by atoms with E-state index in [1.54, 1.807) is 0 Å². The standard InChI is InChI=1S/C25H39N7/c1-24(2,3)17-25(4,5)32-23(29-30-31-32)22(21-11-9-18(14-26)10-12-21)28-16-20-8-6-7-19(13-20)15-27/h9-12,19-20,22,28H,6-8,13,15-17,27H2,1-5H3. The minimum atomic E-state index is -0.237. The Balaban J connectivity index is 1.90. The smallest absolute Gasteiger partial charge is 0.173 e. The molecular weight excluding hydrogens is 398 g/mol. The average molecular weight is 438 g/mol. The van der Waals surface area contributed by atoms with Crippen LogP contribution in [0.2, 0.25) is 0 Å². The SMILES string of the molecule is CC(C)(C)CC(C)(C)n1nnnc1C(NCC1CCCC(CN)C1)c1ccc(C#N)cc1. The molecule has 1 aromatic heterocycles. The first-order chi connectivity index (χ1) is 15.1. The lowest BCUT2D eigenvalue weighted by Gasteiger charge is -2.34. The molecule has 7 heteroatoms. The molecule has 1 aromatic carbocycles. The molecule has 3 unspecified atom stereocenters. The van der Waals surface area contributed by atoms with E-state index in [0.29, 0.717) is 17.4 Å². The van der Waals surface area contributed by atoms with E-state index >= 15 is 0 Å². The van der Waals surface area contributed by atoms with Crippen LogP contribution in [0, 0.1) is 28.6 Å². The van der Waals surface area contributed by atoms with Gasteiger partial charge in [0.1, 0.15) is 0 Å². The molecule has 0 saturated heterocycles. The van der Waals surface area contributed by atoms with Crippen LogP contribution in [0.15, 0.2) is 24.3 Å². The number of hydrogen-bond acceptors (Lipinski definition) is 6. The summed E-state index contributed by atoms with van der Waals surface area (Å²) in [6, 6.07) is 9.81. The van der Waals surface area contributed by atoms with Crippen LogP contribution < -0.4 is 11.1 Å². The van der Waals surface area contributed by atoms with Crippen LogP contribution in [-0.4, -0.2) is 33.3 Å². The molecular formula is C25H39N7. The molecule has 3 N–H and O–H groups in total. The Kier molecular flexibility index (Phi) is 7.68. The lowest BCUT2D eigenvalue weighted by atomic mass is 9.81. The van der Waals surface area contributed by atoms with Crippen LogP contribution in [-0.2, 0) is 5.54 Å². The minimum Gasteiger partial charge on any atom is -0.330 e. The van der Waals surface area contributed by atoms with Crippen molar-refractivity contribution < 1.29 is 0 Å². The monoisotopic (exact) mass is 437 g/mol. The summed E-state index contributed by atoms with van der Waals surface area (Å²) >= 11 is 0. The van der Waals surface area contributed by atoms with E-state index in [-0.39, 0.29) is 17.0 Å². The summed E-state index contributed by atoms with van der Waals surface area (Å²) in [5.74, 6) is 2.04. The van der Waals surface area contributed by atoms with Crippen molar-refractivity contribution in [3.8, 4) is 6.07 Å². The second-order valence-electron chi connectivity index (χ2n) is 11.2. The quantitative estimate of drug-likeness (QED) is 0.642. The maximum Gasteiger partial charge on any atom is 0.173 e. The molecule has 3 rings (SSSR count). The summed E-state index contributed by atoms with van der Waals surface area (Å²) in [6.07, 6.45) is 5.82. The summed E-state index contributed by atoms with van der Waals surface area (Å²) in [7, 11) is 0. The zero-order valence-electron chi connectivity index (χ0n) is 20.3. The van der Waals surface area contributed by atoms with Gasteiger partial charge in [0, 0.05) is 0 Å². The molecule has 7 nitrogen and oxygen atoms in total. The molecule has 2 aromatic rings. The third kappa shape index (κ3) is 6.14. The second-order valence-corrected chi connectivity index (χ2v) is 11.2. The predicted octanol–water partition coefficient (Wildman–Crippen LogP) is 4.16. The summed E-state index contributed by atoms with van der Waals surface area (Å²) < 4.78 is 1.98. The van der Waals surface area contributed by atoms with Crippen molar-refractivity contribution in [3.63, 3.8) is 0 Å². The highest BCUT2D eigenvalue weighted by Gasteiger charge is 2.34. The number of aromatic nitrogens is 4. The van der Waals surface area contributed by atoms with Crippen LogP contribution in [0.25, 0.3) is 0 Å². The van der Waals surface area contributed by atoms with Crippen LogP contribution in [0.5, 0.6) is 0 Å². The van der Waals surface area contributed by atoms with Gasteiger partial charge in [0.25, 0.3) is 0 Å². The highest BCUT2D eigenvalue weighted by Crippen LogP contribution is 2.34. The second kappa shape index (κ2) is 10.1. The van der Waals surface area contributed by atoms with Gasteiger partial charge >= 0.3 is 0 Å². The highest BCUT2D eigenvalue weighted by atomic mass is 15.6. The lowest BCUT2D eigenvalue weighted by Crippen LogP contribution is -2.38. The summed E-state index contributed by atoms with van der Waals surface area (Å²) in [5, 5.41) is 26.0. The first-order valence-electron chi connectivity index (χ1n) is 11.9. The van der Waals surface area contributed by atoms with E-state index in [2.05, 4.69) is 61.5 Å². The van der Waals surface area contributed by atoms with E-state index < -0.39 is 0 Å². The molecule has 1 fully saturated rings. The Morgan fingerprint density at radius 3 is 2.47 bits per heavy atom. The van der Waals surface area contributed by atoms with E-state index in [1.807, 2.05) is 28.9 Å². The van der Waals surface area contributed by atoms with Crippen LogP contribution in [0.1, 0.15) is 89.7 Å². The first kappa shape index (κ1) is 24.3. The molecule has 0 radical (unpaired) electrons. The van der Waals surface area contributed by atoms with Crippen molar-refractivity contribution >= 4 is 0 Å². The Morgan fingerprint density at radius 1 is 1.16 bits per heavy atom. The zero-order valence-corrected chi connectivity index (χ0v) is 20.3. The molecule has 0 spiro atoms. The fourth-order valence-electron chi connectivity index (χ4n) is 5.37. The molecule has 1 aliphatic carbocycles. The van der Waals surface area contributed by atoms with Gasteiger partial charge in [0.05, 0.1) is 23.2 Å². The number of tetrazole rings is 1. The Labute approximate surface area is 192 Å². The maximum absolute atomic E-state index is 9.22. The molecule has 0 bridgehead atoms. The highest BCUT2D eigenvalue weighted by molar-refractivity contribution is 5.34. The van der Waals surface area contributed by atoms with E-state index in [1.165, 1.54) is 25.7 Å². The molecule has 3 atom stereocenters. The maximum atomic E-state index is 9.22. The van der Waals surface area contributed by atoms with Gasteiger partial charge in [-0.3, -0.25) is 0 Å². The fraction of sp³-hybridized carbons (Fsp3) is 0.680. The zero-order chi connectivity index (χ0) is 23.4. The number of hydrogen-bond donors (Lipinski definition) is 2. The van der Waals surface area contributed by atoms with Crippen molar-refractivity contribution in [1.29, 1.82) is 5.26 Å². The number of nitrogens with one attached hydrogen (secondary N) is 1. The van der Waals surface area contributed by atoms with E-state index in [4.69, 9.17) is 5.73 Å². The number of rotatable bonds is 8. The van der Waals surface area contributed by atoms with Gasteiger partial charge in [-0.25, -0.2) is 4.68 Å². The molecule has 1 saturated carbocycles. The Hall–Kier alpha value is -2.30. The number of nitrogens with zero attached hydrogens (tertiary/aromatic N) is 5. The number of nitrogens with two attached hydrogens (primary N) is 1. The van der Waals surface area contributed by atoms with Crippen LogP contribution in [0.4, 0.5) is 0 Å². The molecule has 1 aliphatic rings. The Morgan fingerprint density at radius 2 is 1.84 bits per heavy atom. The van der Waals surface area contributed by atoms with Crippen molar-refractivity contribution in [2.75, 3.05) is 13.1 Å². The molecule has 174 valence electrons. The van der Waals surface area contributed by atoms with Crippen molar-refractivity contribution in [2.24, 2.45) is 23.0 Å². The van der Waals surface area contributed by atoms with Gasteiger partial charge < -0.3 is 11.1 Å². The van der Waals surface area contributed by atoms with Crippen molar-refractivity contribution in [1.82, 2.24) is 25.5 Å². The lowest BCUT2D eigenvalue weighted by molar-refractivity contribution is 0.187. The van der Waals surface area contributed by atoms with E-state index in [0.717, 1.165) is 30.9 Å². The fourth-order valence-corrected chi connectivity index (χ4v) is 5.37.